The van der Waals surface area contributed by atoms with E-state index in [-0.39, 0.29) is 0 Å². The molecule has 2 atom stereocenters. The molecule has 1 aliphatic carbocycles. The van der Waals surface area contributed by atoms with Gasteiger partial charge in [0.05, 0.1) is 0 Å². The maximum absolute atomic E-state index is 4.16. The highest BCUT2D eigenvalue weighted by Gasteiger charge is 2.24. The summed E-state index contributed by atoms with van der Waals surface area (Å²) in [6.07, 6.45) is 6.76. The summed E-state index contributed by atoms with van der Waals surface area (Å²) in [5, 5.41) is 0. The van der Waals surface area contributed by atoms with E-state index in [9.17, 15) is 0 Å². The largest absolute Gasteiger partial charge is 0.0996 e. The fraction of sp³-hybridized carbons (Fsp3) is 0.818. The van der Waals surface area contributed by atoms with Gasteiger partial charge in [-0.3, -0.25) is 0 Å². The molecule has 2 unspecified atom stereocenters. The van der Waals surface area contributed by atoms with Gasteiger partial charge in [-0.15, -0.1) is 0 Å². The van der Waals surface area contributed by atoms with Gasteiger partial charge in [0.25, 0.3) is 0 Å². The molecule has 11 heavy (non-hydrogen) atoms. The first kappa shape index (κ1) is 8.83. The van der Waals surface area contributed by atoms with Gasteiger partial charge in [0, 0.05) is 0 Å². The molecule has 1 aliphatic rings. The zero-order chi connectivity index (χ0) is 8.27. The van der Waals surface area contributed by atoms with E-state index in [1.165, 1.54) is 37.7 Å². The van der Waals surface area contributed by atoms with Gasteiger partial charge in [-0.05, 0) is 37.5 Å². The van der Waals surface area contributed by atoms with Crippen LogP contribution in [0.1, 0.15) is 46.0 Å². The van der Waals surface area contributed by atoms with Gasteiger partial charge in [0.15, 0.2) is 0 Å². The Morgan fingerprint density at radius 1 is 1.36 bits per heavy atom. The molecule has 0 heteroatoms. The highest BCUT2D eigenvalue weighted by molar-refractivity contribution is 5.05. The van der Waals surface area contributed by atoms with E-state index in [0.717, 1.165) is 11.8 Å². The predicted molar refractivity (Wildman–Crippen MR) is 50.6 cm³/mol. The zero-order valence-electron chi connectivity index (χ0n) is 7.90. The average molecular weight is 152 g/mol. The highest BCUT2D eigenvalue weighted by atomic mass is 14.3. The summed E-state index contributed by atoms with van der Waals surface area (Å²) in [7, 11) is 0. The van der Waals surface area contributed by atoms with E-state index in [2.05, 4.69) is 20.4 Å². The molecule has 0 saturated heterocycles. The van der Waals surface area contributed by atoms with Gasteiger partial charge in [-0.1, -0.05) is 32.4 Å². The Hall–Kier alpha value is -0.260. The minimum atomic E-state index is 0.841. The second-order valence-corrected chi connectivity index (χ2v) is 3.73. The molecule has 0 amide bonds. The SMILES string of the molecule is C=C1CCCC(CC)C1CC. The summed E-state index contributed by atoms with van der Waals surface area (Å²) in [5.74, 6) is 1.79. The van der Waals surface area contributed by atoms with Crippen molar-refractivity contribution in [1.29, 1.82) is 0 Å². The number of hydrogen-bond acceptors (Lipinski definition) is 0. The molecule has 0 spiro atoms. The van der Waals surface area contributed by atoms with Crippen molar-refractivity contribution in [2.75, 3.05) is 0 Å². The Labute approximate surface area is 70.7 Å². The van der Waals surface area contributed by atoms with Crippen LogP contribution in [0.2, 0.25) is 0 Å². The molecule has 0 aromatic heterocycles. The minimum Gasteiger partial charge on any atom is -0.0996 e. The van der Waals surface area contributed by atoms with Crippen molar-refractivity contribution in [2.24, 2.45) is 11.8 Å². The van der Waals surface area contributed by atoms with Crippen LogP contribution >= 0.6 is 0 Å². The Bertz CT molecular complexity index is 135. The molecule has 0 aliphatic heterocycles. The van der Waals surface area contributed by atoms with E-state index < -0.39 is 0 Å². The summed E-state index contributed by atoms with van der Waals surface area (Å²) in [6, 6.07) is 0. The summed E-state index contributed by atoms with van der Waals surface area (Å²) in [4.78, 5) is 0. The molecule has 0 nitrogen and oxygen atoms in total. The molecule has 1 saturated carbocycles. The number of allylic oxidation sites excluding steroid dienone is 1. The first-order valence-corrected chi connectivity index (χ1v) is 4.97. The third-order valence-electron chi connectivity index (χ3n) is 3.13. The maximum Gasteiger partial charge on any atom is -0.0180 e. The topological polar surface area (TPSA) is 0 Å². The van der Waals surface area contributed by atoms with Crippen LogP contribution in [0.25, 0.3) is 0 Å². The quantitative estimate of drug-likeness (QED) is 0.528. The standard InChI is InChI=1S/C11H20/c1-4-10-8-6-7-9(3)11(10)5-2/h10-11H,3-8H2,1-2H3. The summed E-state index contributed by atoms with van der Waals surface area (Å²) < 4.78 is 0. The Balaban J connectivity index is 2.56. The third-order valence-corrected chi connectivity index (χ3v) is 3.13. The van der Waals surface area contributed by atoms with Crippen LogP contribution in [0.3, 0.4) is 0 Å². The molecule has 1 rings (SSSR count). The third kappa shape index (κ3) is 1.85. The first-order chi connectivity index (χ1) is 5.29. The maximum atomic E-state index is 4.16. The van der Waals surface area contributed by atoms with Crippen LogP contribution in [0, 0.1) is 11.8 Å². The lowest BCUT2D eigenvalue weighted by molar-refractivity contribution is 0.288. The van der Waals surface area contributed by atoms with Crippen molar-refractivity contribution >= 4 is 0 Å². The second-order valence-electron chi connectivity index (χ2n) is 3.73. The van der Waals surface area contributed by atoms with Crippen molar-refractivity contribution in [3.8, 4) is 0 Å². The van der Waals surface area contributed by atoms with Gasteiger partial charge in [-0.25, -0.2) is 0 Å². The van der Waals surface area contributed by atoms with Crippen molar-refractivity contribution in [1.82, 2.24) is 0 Å². The summed E-state index contributed by atoms with van der Waals surface area (Å²) in [5.41, 5.74) is 1.52. The first-order valence-electron chi connectivity index (χ1n) is 4.97. The summed E-state index contributed by atoms with van der Waals surface area (Å²) >= 11 is 0. The highest BCUT2D eigenvalue weighted by Crippen LogP contribution is 2.37. The zero-order valence-corrected chi connectivity index (χ0v) is 7.90. The van der Waals surface area contributed by atoms with Crippen molar-refractivity contribution in [3.05, 3.63) is 12.2 Å². The molecule has 0 aromatic rings. The van der Waals surface area contributed by atoms with Gasteiger partial charge in [0.2, 0.25) is 0 Å². The molecular weight excluding hydrogens is 132 g/mol. The molecule has 64 valence electrons. The van der Waals surface area contributed by atoms with E-state index >= 15 is 0 Å². The number of hydrogen-bond donors (Lipinski definition) is 0. The molecule has 1 fully saturated rings. The van der Waals surface area contributed by atoms with E-state index in [0.29, 0.717) is 0 Å². The van der Waals surface area contributed by atoms with Crippen LogP contribution in [0.4, 0.5) is 0 Å². The van der Waals surface area contributed by atoms with Crippen LogP contribution in [0.5, 0.6) is 0 Å². The fourth-order valence-electron chi connectivity index (χ4n) is 2.42. The number of rotatable bonds is 2. The lowest BCUT2D eigenvalue weighted by Gasteiger charge is -2.32. The van der Waals surface area contributed by atoms with Crippen LogP contribution in [-0.2, 0) is 0 Å². The molecule has 0 aromatic carbocycles. The van der Waals surface area contributed by atoms with Crippen molar-refractivity contribution in [2.45, 2.75) is 46.0 Å². The average Bonchev–Trinajstić information content (AvgIpc) is 2.04. The van der Waals surface area contributed by atoms with Crippen LogP contribution < -0.4 is 0 Å². The molecular formula is C11H20. The monoisotopic (exact) mass is 152 g/mol. The van der Waals surface area contributed by atoms with Gasteiger partial charge in [0.1, 0.15) is 0 Å². The van der Waals surface area contributed by atoms with Crippen LogP contribution in [0.15, 0.2) is 12.2 Å². The van der Waals surface area contributed by atoms with Crippen molar-refractivity contribution < 1.29 is 0 Å². The lowest BCUT2D eigenvalue weighted by Crippen LogP contribution is -2.19. The van der Waals surface area contributed by atoms with Crippen LogP contribution in [-0.4, -0.2) is 0 Å². The van der Waals surface area contributed by atoms with E-state index in [1.54, 1.807) is 0 Å². The minimum absolute atomic E-state index is 0.841. The van der Waals surface area contributed by atoms with E-state index in [1.807, 2.05) is 0 Å². The van der Waals surface area contributed by atoms with E-state index in [4.69, 9.17) is 0 Å². The molecule has 0 radical (unpaired) electrons. The molecule has 0 heterocycles. The van der Waals surface area contributed by atoms with Gasteiger partial charge >= 0.3 is 0 Å². The summed E-state index contributed by atoms with van der Waals surface area (Å²) in [6.45, 7) is 8.77. The smallest absolute Gasteiger partial charge is 0.0180 e. The van der Waals surface area contributed by atoms with Gasteiger partial charge < -0.3 is 0 Å². The molecule has 0 N–H and O–H groups in total. The Kier molecular flexibility index (Phi) is 3.16. The Morgan fingerprint density at radius 2 is 2.09 bits per heavy atom. The lowest BCUT2D eigenvalue weighted by atomic mass is 9.74. The molecule has 0 bridgehead atoms. The fourth-order valence-corrected chi connectivity index (χ4v) is 2.42. The Morgan fingerprint density at radius 3 is 2.55 bits per heavy atom. The normalized spacial score (nSPS) is 32.4. The second kappa shape index (κ2) is 3.94. The predicted octanol–water partition coefficient (Wildman–Crippen LogP) is 3.78. The van der Waals surface area contributed by atoms with Gasteiger partial charge in [-0.2, -0.15) is 0 Å². The van der Waals surface area contributed by atoms with Crippen molar-refractivity contribution in [3.63, 3.8) is 0 Å².